The number of morpholine rings is 1. The van der Waals surface area contributed by atoms with E-state index in [2.05, 4.69) is 32.8 Å². The molecule has 1 fully saturated rings. The van der Waals surface area contributed by atoms with Gasteiger partial charge in [-0.05, 0) is 44.5 Å². The van der Waals surface area contributed by atoms with Crippen LogP contribution in [0, 0.1) is 13.8 Å². The zero-order valence-corrected chi connectivity index (χ0v) is 14.8. The van der Waals surface area contributed by atoms with E-state index >= 15 is 0 Å². The van der Waals surface area contributed by atoms with E-state index in [0.717, 1.165) is 43.2 Å². The molecule has 2 N–H and O–H groups in total. The molecule has 7 nitrogen and oxygen atoms in total. The monoisotopic (exact) mass is 344 g/mol. The minimum atomic E-state index is -0.404. The molecule has 1 aliphatic rings. The third-order valence-electron chi connectivity index (χ3n) is 4.23. The van der Waals surface area contributed by atoms with Crippen molar-refractivity contribution in [2.24, 2.45) is 0 Å². The van der Waals surface area contributed by atoms with Crippen molar-refractivity contribution < 1.29 is 14.1 Å². The first-order valence-corrected chi connectivity index (χ1v) is 8.47. The molecule has 2 heterocycles. The van der Waals surface area contributed by atoms with Gasteiger partial charge in [0.05, 0.1) is 18.9 Å². The predicted molar refractivity (Wildman–Crippen MR) is 97.2 cm³/mol. The van der Waals surface area contributed by atoms with Crippen molar-refractivity contribution in [3.05, 3.63) is 35.5 Å². The molecule has 7 heteroatoms. The summed E-state index contributed by atoms with van der Waals surface area (Å²) in [6.07, 6.45) is 0. The largest absolute Gasteiger partial charge is 0.378 e. The molecule has 1 saturated heterocycles. The van der Waals surface area contributed by atoms with Crippen molar-refractivity contribution >= 4 is 23.2 Å². The van der Waals surface area contributed by atoms with Crippen LogP contribution in [0.1, 0.15) is 18.2 Å². The molecule has 3 rings (SSSR count). The number of rotatable bonds is 5. The second-order valence-corrected chi connectivity index (χ2v) is 6.29. The molecule has 0 aliphatic carbocycles. The lowest BCUT2D eigenvalue weighted by Gasteiger charge is -2.29. The molecule has 1 aromatic carbocycles. The highest BCUT2D eigenvalue weighted by molar-refractivity contribution is 5.95. The summed E-state index contributed by atoms with van der Waals surface area (Å²) in [7, 11) is 0. The Hall–Kier alpha value is -2.54. The minimum absolute atomic E-state index is 0.173. The molecule has 134 valence electrons. The quantitative estimate of drug-likeness (QED) is 0.868. The van der Waals surface area contributed by atoms with Crippen LogP contribution in [0.3, 0.4) is 0 Å². The third-order valence-corrected chi connectivity index (χ3v) is 4.23. The van der Waals surface area contributed by atoms with Gasteiger partial charge in [-0.2, -0.15) is 0 Å². The zero-order chi connectivity index (χ0) is 17.8. The van der Waals surface area contributed by atoms with E-state index in [-0.39, 0.29) is 5.91 Å². The van der Waals surface area contributed by atoms with Crippen LogP contribution >= 0.6 is 0 Å². The second-order valence-electron chi connectivity index (χ2n) is 6.29. The molecule has 0 bridgehead atoms. The summed E-state index contributed by atoms with van der Waals surface area (Å²) in [5.74, 6) is 0.184. The highest BCUT2D eigenvalue weighted by Crippen LogP contribution is 2.24. The Kier molecular flexibility index (Phi) is 5.23. The summed E-state index contributed by atoms with van der Waals surface area (Å²) >= 11 is 0. The van der Waals surface area contributed by atoms with Gasteiger partial charge in [-0.25, -0.2) is 0 Å². The molecule has 2 aromatic rings. The number of hydrogen-bond acceptors (Lipinski definition) is 6. The fraction of sp³-hybridized carbons (Fsp3) is 0.444. The number of benzene rings is 1. The topological polar surface area (TPSA) is 79.6 Å². The maximum atomic E-state index is 12.3. The van der Waals surface area contributed by atoms with Gasteiger partial charge in [-0.3, -0.25) is 10.1 Å². The summed E-state index contributed by atoms with van der Waals surface area (Å²) in [5.41, 5.74) is 3.94. The Morgan fingerprint density at radius 2 is 2.00 bits per heavy atom. The van der Waals surface area contributed by atoms with Gasteiger partial charge in [-0.1, -0.05) is 5.16 Å². The Bertz CT molecular complexity index is 738. The SMILES string of the molecule is Cc1cc(NC(=O)C(C)Nc2ccc(N3CCOCC3)cc2C)on1. The molecule has 0 spiro atoms. The third kappa shape index (κ3) is 4.30. The fourth-order valence-electron chi connectivity index (χ4n) is 2.78. The number of anilines is 3. The lowest BCUT2D eigenvalue weighted by molar-refractivity contribution is -0.116. The highest BCUT2D eigenvalue weighted by atomic mass is 16.5. The average Bonchev–Trinajstić information content (AvgIpc) is 3.02. The van der Waals surface area contributed by atoms with Crippen molar-refractivity contribution in [2.75, 3.05) is 41.8 Å². The van der Waals surface area contributed by atoms with Gasteiger partial charge >= 0.3 is 0 Å². The number of hydrogen-bond donors (Lipinski definition) is 2. The molecule has 0 saturated carbocycles. The van der Waals surface area contributed by atoms with Gasteiger partial charge in [-0.15, -0.1) is 0 Å². The summed E-state index contributed by atoms with van der Waals surface area (Å²) in [6.45, 7) is 8.99. The lowest BCUT2D eigenvalue weighted by Crippen LogP contribution is -2.36. The Morgan fingerprint density at radius 3 is 2.64 bits per heavy atom. The normalized spacial score (nSPS) is 15.7. The van der Waals surface area contributed by atoms with Crippen molar-refractivity contribution in [3.63, 3.8) is 0 Å². The second kappa shape index (κ2) is 7.57. The standard InChI is InChI=1S/C18H24N4O3/c1-12-10-15(22-6-8-24-9-7-22)4-5-16(12)19-14(3)18(23)20-17-11-13(2)21-25-17/h4-5,10-11,14,19H,6-9H2,1-3H3,(H,20,23). The molecule has 1 aromatic heterocycles. The fourth-order valence-corrected chi connectivity index (χ4v) is 2.78. The first-order valence-electron chi connectivity index (χ1n) is 8.47. The van der Waals surface area contributed by atoms with Gasteiger partial charge in [0, 0.05) is 30.5 Å². The Labute approximate surface area is 147 Å². The number of ether oxygens (including phenoxy) is 1. The number of aryl methyl sites for hydroxylation is 2. The van der Waals surface area contributed by atoms with Gasteiger partial charge in [0.2, 0.25) is 11.8 Å². The van der Waals surface area contributed by atoms with E-state index in [1.807, 2.05) is 19.9 Å². The van der Waals surface area contributed by atoms with E-state index in [0.29, 0.717) is 5.88 Å². The van der Waals surface area contributed by atoms with Crippen LogP contribution < -0.4 is 15.5 Å². The minimum Gasteiger partial charge on any atom is -0.378 e. The number of amides is 1. The molecule has 25 heavy (non-hydrogen) atoms. The van der Waals surface area contributed by atoms with Crippen molar-refractivity contribution in [3.8, 4) is 0 Å². The number of carbonyl (C=O) groups excluding carboxylic acids is 1. The number of aromatic nitrogens is 1. The van der Waals surface area contributed by atoms with E-state index in [4.69, 9.17) is 9.26 Å². The van der Waals surface area contributed by atoms with E-state index < -0.39 is 6.04 Å². The van der Waals surface area contributed by atoms with E-state index in [1.165, 1.54) is 5.69 Å². The van der Waals surface area contributed by atoms with Crippen LogP contribution in [-0.4, -0.2) is 43.4 Å². The van der Waals surface area contributed by atoms with Crippen LogP contribution in [-0.2, 0) is 9.53 Å². The van der Waals surface area contributed by atoms with E-state index in [9.17, 15) is 4.79 Å². The molecule has 0 radical (unpaired) electrons. The van der Waals surface area contributed by atoms with Gasteiger partial charge < -0.3 is 19.5 Å². The van der Waals surface area contributed by atoms with Crippen LogP contribution in [0.5, 0.6) is 0 Å². The van der Waals surface area contributed by atoms with Crippen molar-refractivity contribution in [1.82, 2.24) is 5.16 Å². The van der Waals surface area contributed by atoms with Gasteiger partial charge in [0.25, 0.3) is 0 Å². The summed E-state index contributed by atoms with van der Waals surface area (Å²) in [6, 6.07) is 7.51. The zero-order valence-electron chi connectivity index (χ0n) is 14.8. The highest BCUT2D eigenvalue weighted by Gasteiger charge is 2.17. The average molecular weight is 344 g/mol. The molecule has 1 unspecified atom stereocenters. The van der Waals surface area contributed by atoms with Gasteiger partial charge in [0.1, 0.15) is 6.04 Å². The predicted octanol–water partition coefficient (Wildman–Crippen LogP) is 2.57. The van der Waals surface area contributed by atoms with E-state index in [1.54, 1.807) is 13.0 Å². The number of nitrogens with one attached hydrogen (secondary N) is 2. The smallest absolute Gasteiger partial charge is 0.248 e. The molecule has 1 aliphatic heterocycles. The maximum Gasteiger partial charge on any atom is 0.248 e. The molecular weight excluding hydrogens is 320 g/mol. The maximum absolute atomic E-state index is 12.3. The number of carbonyl (C=O) groups is 1. The van der Waals surface area contributed by atoms with Crippen LogP contribution in [0.15, 0.2) is 28.8 Å². The first kappa shape index (κ1) is 17.3. The van der Waals surface area contributed by atoms with Gasteiger partial charge in [0.15, 0.2) is 0 Å². The summed E-state index contributed by atoms with van der Waals surface area (Å²) in [5, 5.41) is 9.72. The van der Waals surface area contributed by atoms with Crippen LogP contribution in [0.25, 0.3) is 0 Å². The Balaban J connectivity index is 1.62. The first-order chi connectivity index (χ1) is 12.0. The molecular formula is C18H24N4O3. The van der Waals surface area contributed by atoms with Crippen molar-refractivity contribution in [1.29, 1.82) is 0 Å². The lowest BCUT2D eigenvalue weighted by atomic mass is 10.1. The number of nitrogens with zero attached hydrogens (tertiary/aromatic N) is 2. The van der Waals surface area contributed by atoms with Crippen LogP contribution in [0.2, 0.25) is 0 Å². The summed E-state index contributed by atoms with van der Waals surface area (Å²) in [4.78, 5) is 14.6. The molecule has 1 amide bonds. The molecule has 1 atom stereocenters. The van der Waals surface area contributed by atoms with Crippen molar-refractivity contribution in [2.45, 2.75) is 26.8 Å². The Morgan fingerprint density at radius 1 is 1.24 bits per heavy atom. The van der Waals surface area contributed by atoms with Crippen LogP contribution in [0.4, 0.5) is 17.3 Å². The summed E-state index contributed by atoms with van der Waals surface area (Å²) < 4.78 is 10.4.